The van der Waals surface area contributed by atoms with E-state index in [0.29, 0.717) is 6.04 Å². The number of carbonyl (C=O) groups excluding carboxylic acids is 1. The monoisotopic (exact) mass is 487 g/mol. The predicted octanol–water partition coefficient (Wildman–Crippen LogP) is 2.84. The Bertz CT molecular complexity index is 591. The third-order valence-corrected chi connectivity index (χ3v) is 4.69. The topological polar surface area (TPSA) is 68.8 Å². The maximum Gasteiger partial charge on any atom is 0.221 e. The minimum Gasteiger partial charge on any atom is -0.357 e. The normalized spacial score (nSPS) is 17.3. The van der Waals surface area contributed by atoms with Crippen molar-refractivity contribution in [3.8, 4) is 0 Å². The van der Waals surface area contributed by atoms with E-state index in [1.807, 2.05) is 12.1 Å². The number of hydrogen-bond donors (Lipinski definition) is 3. The minimum atomic E-state index is -0.0465. The molecule has 1 unspecified atom stereocenters. The van der Waals surface area contributed by atoms with Gasteiger partial charge in [0.2, 0.25) is 5.91 Å². The van der Waals surface area contributed by atoms with Gasteiger partial charge in [0.15, 0.2) is 5.96 Å². The summed E-state index contributed by atoms with van der Waals surface area (Å²) >= 11 is 0. The van der Waals surface area contributed by atoms with Crippen molar-refractivity contribution in [2.75, 3.05) is 38.0 Å². The van der Waals surface area contributed by atoms with E-state index in [0.717, 1.165) is 44.2 Å². The molecule has 1 atom stereocenters. The third kappa shape index (κ3) is 8.47. The van der Waals surface area contributed by atoms with Crippen molar-refractivity contribution in [1.29, 1.82) is 0 Å². The van der Waals surface area contributed by atoms with Crippen molar-refractivity contribution < 1.29 is 4.79 Å². The predicted molar refractivity (Wildman–Crippen MR) is 124 cm³/mol. The molecule has 0 radical (unpaired) electrons. The number of rotatable bonds is 8. The van der Waals surface area contributed by atoms with Crippen molar-refractivity contribution in [2.45, 2.75) is 46.1 Å². The maximum absolute atomic E-state index is 11.1. The molecule has 152 valence electrons. The number of guanidine groups is 1. The molecule has 1 saturated heterocycles. The van der Waals surface area contributed by atoms with Crippen LogP contribution in [-0.4, -0.2) is 55.5 Å². The summed E-state index contributed by atoms with van der Waals surface area (Å²) in [5.41, 5.74) is 2.07. The second-order valence-corrected chi connectivity index (χ2v) is 6.70. The quantitative estimate of drug-likeness (QED) is 0.300. The second-order valence-electron chi connectivity index (χ2n) is 6.70. The molecular formula is C20H34IN5O. The zero-order chi connectivity index (χ0) is 18.8. The Morgan fingerprint density at radius 1 is 1.22 bits per heavy atom. The first-order valence-electron chi connectivity index (χ1n) is 9.75. The lowest BCUT2D eigenvalue weighted by atomic mass is 10.1. The van der Waals surface area contributed by atoms with Crippen LogP contribution in [-0.2, 0) is 11.2 Å². The fourth-order valence-electron chi connectivity index (χ4n) is 3.34. The van der Waals surface area contributed by atoms with E-state index >= 15 is 0 Å². The molecule has 1 aromatic rings. The molecule has 0 saturated carbocycles. The highest BCUT2D eigenvalue weighted by Gasteiger charge is 2.22. The molecule has 0 spiro atoms. The van der Waals surface area contributed by atoms with Crippen molar-refractivity contribution in [3.63, 3.8) is 0 Å². The average molecular weight is 487 g/mol. The van der Waals surface area contributed by atoms with Crippen LogP contribution in [0.2, 0.25) is 0 Å². The Morgan fingerprint density at radius 2 is 1.96 bits per heavy atom. The lowest BCUT2D eigenvalue weighted by Gasteiger charge is -2.21. The molecule has 1 aliphatic rings. The number of amides is 1. The molecule has 0 aromatic heterocycles. The Labute approximate surface area is 180 Å². The van der Waals surface area contributed by atoms with E-state index in [4.69, 9.17) is 4.99 Å². The zero-order valence-corrected chi connectivity index (χ0v) is 19.1. The van der Waals surface area contributed by atoms with Crippen LogP contribution in [0.4, 0.5) is 5.69 Å². The van der Waals surface area contributed by atoms with Crippen molar-refractivity contribution >= 4 is 41.5 Å². The molecular weight excluding hydrogens is 453 g/mol. The van der Waals surface area contributed by atoms with E-state index in [1.165, 1.54) is 31.9 Å². The van der Waals surface area contributed by atoms with Crippen LogP contribution in [0.15, 0.2) is 29.3 Å². The zero-order valence-electron chi connectivity index (χ0n) is 16.8. The minimum absolute atomic E-state index is 0. The van der Waals surface area contributed by atoms with Gasteiger partial charge in [0.1, 0.15) is 0 Å². The van der Waals surface area contributed by atoms with Gasteiger partial charge in [-0.1, -0.05) is 19.1 Å². The number of hydrogen-bond acceptors (Lipinski definition) is 3. The standard InChI is InChI=1S/C20H33N5O.HI/c1-4-21-20(23-15-19-7-6-14-25(19)5-2)22-13-12-17-8-10-18(11-9-17)24-16(3)26;/h8-11,19H,4-7,12-15H2,1-3H3,(H,24,26)(H2,21,22,23);1H. The molecule has 0 aliphatic carbocycles. The van der Waals surface area contributed by atoms with E-state index in [1.54, 1.807) is 0 Å². The first-order valence-corrected chi connectivity index (χ1v) is 9.75. The number of halogens is 1. The summed E-state index contributed by atoms with van der Waals surface area (Å²) in [5, 5.41) is 9.54. The largest absolute Gasteiger partial charge is 0.357 e. The molecule has 1 fully saturated rings. The van der Waals surface area contributed by atoms with Gasteiger partial charge in [-0.3, -0.25) is 14.7 Å². The molecule has 3 N–H and O–H groups in total. The molecule has 6 nitrogen and oxygen atoms in total. The highest BCUT2D eigenvalue weighted by Crippen LogP contribution is 2.16. The highest BCUT2D eigenvalue weighted by molar-refractivity contribution is 14.0. The number of nitrogens with one attached hydrogen (secondary N) is 3. The second kappa shape index (κ2) is 12.9. The Morgan fingerprint density at radius 3 is 2.59 bits per heavy atom. The molecule has 7 heteroatoms. The Balaban J connectivity index is 0.00000364. The summed E-state index contributed by atoms with van der Waals surface area (Å²) in [7, 11) is 0. The summed E-state index contributed by atoms with van der Waals surface area (Å²) in [4.78, 5) is 18.4. The lowest BCUT2D eigenvalue weighted by Crippen LogP contribution is -2.40. The fourth-order valence-corrected chi connectivity index (χ4v) is 3.34. The maximum atomic E-state index is 11.1. The van der Waals surface area contributed by atoms with E-state index in [9.17, 15) is 4.79 Å². The number of likely N-dealkylation sites (tertiary alicyclic amines) is 1. The van der Waals surface area contributed by atoms with Gasteiger partial charge in [-0.2, -0.15) is 0 Å². The molecule has 1 aromatic carbocycles. The third-order valence-electron chi connectivity index (χ3n) is 4.69. The van der Waals surface area contributed by atoms with Crippen LogP contribution in [0.1, 0.15) is 39.2 Å². The van der Waals surface area contributed by atoms with Gasteiger partial charge in [-0.15, -0.1) is 24.0 Å². The van der Waals surface area contributed by atoms with Crippen LogP contribution in [0, 0.1) is 0 Å². The van der Waals surface area contributed by atoms with Crippen LogP contribution >= 0.6 is 24.0 Å². The van der Waals surface area contributed by atoms with Gasteiger partial charge in [-0.05, 0) is 57.0 Å². The first-order chi connectivity index (χ1) is 12.6. The van der Waals surface area contributed by atoms with Crippen molar-refractivity contribution in [1.82, 2.24) is 15.5 Å². The molecule has 1 aliphatic heterocycles. The number of anilines is 1. The molecule has 1 amide bonds. The van der Waals surface area contributed by atoms with Crippen LogP contribution in [0.25, 0.3) is 0 Å². The van der Waals surface area contributed by atoms with Gasteiger partial charge in [0.25, 0.3) is 0 Å². The number of benzene rings is 1. The van der Waals surface area contributed by atoms with Gasteiger partial charge in [-0.25, -0.2) is 0 Å². The number of likely N-dealkylation sites (N-methyl/N-ethyl adjacent to an activating group) is 1. The van der Waals surface area contributed by atoms with Crippen LogP contribution < -0.4 is 16.0 Å². The number of carbonyl (C=O) groups is 1. The lowest BCUT2D eigenvalue weighted by molar-refractivity contribution is -0.114. The fraction of sp³-hybridized carbons (Fsp3) is 0.600. The van der Waals surface area contributed by atoms with Crippen molar-refractivity contribution in [3.05, 3.63) is 29.8 Å². The van der Waals surface area contributed by atoms with E-state index in [2.05, 4.69) is 46.8 Å². The Hall–Kier alpha value is -1.35. The molecule has 0 bridgehead atoms. The van der Waals surface area contributed by atoms with E-state index in [-0.39, 0.29) is 29.9 Å². The van der Waals surface area contributed by atoms with E-state index < -0.39 is 0 Å². The van der Waals surface area contributed by atoms with Crippen LogP contribution in [0.3, 0.4) is 0 Å². The summed E-state index contributed by atoms with van der Waals surface area (Å²) in [6, 6.07) is 8.56. The summed E-state index contributed by atoms with van der Waals surface area (Å²) in [6.45, 7) is 10.7. The molecule has 1 heterocycles. The molecule has 2 rings (SSSR count). The van der Waals surface area contributed by atoms with Crippen LogP contribution in [0.5, 0.6) is 0 Å². The first kappa shape index (κ1) is 23.7. The van der Waals surface area contributed by atoms with Gasteiger partial charge >= 0.3 is 0 Å². The smallest absolute Gasteiger partial charge is 0.221 e. The van der Waals surface area contributed by atoms with Gasteiger partial charge in [0, 0.05) is 31.7 Å². The van der Waals surface area contributed by atoms with Gasteiger partial charge < -0.3 is 16.0 Å². The number of aliphatic imine (C=N–C) groups is 1. The SMILES string of the molecule is CCNC(=NCC1CCCN1CC)NCCc1ccc(NC(C)=O)cc1.I. The number of nitrogens with zero attached hydrogens (tertiary/aromatic N) is 2. The summed E-state index contributed by atoms with van der Waals surface area (Å²) < 4.78 is 0. The van der Waals surface area contributed by atoms with Gasteiger partial charge in [0.05, 0.1) is 6.54 Å². The van der Waals surface area contributed by atoms with Crippen molar-refractivity contribution in [2.24, 2.45) is 4.99 Å². The highest BCUT2D eigenvalue weighted by atomic mass is 127. The summed E-state index contributed by atoms with van der Waals surface area (Å²) in [5.74, 6) is 0.847. The summed E-state index contributed by atoms with van der Waals surface area (Å²) in [6.07, 6.45) is 3.44. The molecule has 27 heavy (non-hydrogen) atoms. The average Bonchev–Trinajstić information content (AvgIpc) is 3.08. The Kier molecular flexibility index (Phi) is 11.3.